The molecule has 0 radical (unpaired) electrons. The van der Waals surface area contributed by atoms with Gasteiger partial charge in [0, 0.05) is 30.9 Å². The molecule has 2 rings (SSSR count). The van der Waals surface area contributed by atoms with Gasteiger partial charge in [0.25, 0.3) is 0 Å². The summed E-state index contributed by atoms with van der Waals surface area (Å²) < 4.78 is 0. The van der Waals surface area contributed by atoms with Crippen LogP contribution < -0.4 is 10.6 Å². The maximum absolute atomic E-state index is 9.93. The molecule has 1 atom stereocenters. The third-order valence-corrected chi connectivity index (χ3v) is 3.50. The van der Waals surface area contributed by atoms with Crippen LogP contribution in [0, 0.1) is 0 Å². The molecule has 0 unspecified atom stereocenters. The van der Waals surface area contributed by atoms with Gasteiger partial charge in [0.2, 0.25) is 0 Å². The van der Waals surface area contributed by atoms with Crippen molar-refractivity contribution in [2.24, 2.45) is 5.73 Å². The molecule has 0 aliphatic carbocycles. The summed E-state index contributed by atoms with van der Waals surface area (Å²) in [5.74, 6) is 1.29. The number of phenols is 1. The number of rotatable bonds is 5. The first kappa shape index (κ1) is 15.5. The number of aromatic nitrogens is 2. The quantitative estimate of drug-likeness (QED) is 0.888. The van der Waals surface area contributed by atoms with Gasteiger partial charge in [-0.1, -0.05) is 18.5 Å². The number of nitrogens with two attached hydrogens (primary N) is 1. The third-order valence-electron chi connectivity index (χ3n) is 3.26. The van der Waals surface area contributed by atoms with Crippen LogP contribution in [0.5, 0.6) is 5.75 Å². The number of likely N-dealkylation sites (N-methyl/N-ethyl adjacent to an activating group) is 1. The second kappa shape index (κ2) is 6.74. The smallest absolute Gasteiger partial charge is 0.165 e. The molecule has 0 amide bonds. The van der Waals surface area contributed by atoms with Gasteiger partial charge in [-0.15, -0.1) is 0 Å². The molecule has 3 N–H and O–H groups in total. The second-order valence-corrected chi connectivity index (χ2v) is 5.39. The normalized spacial score (nSPS) is 12.2. The molecule has 112 valence electrons. The predicted octanol–water partition coefficient (Wildman–Crippen LogP) is 2.68. The highest BCUT2D eigenvalue weighted by Gasteiger charge is 2.12. The van der Waals surface area contributed by atoms with Crippen LogP contribution in [0.4, 0.5) is 5.82 Å². The fourth-order valence-corrected chi connectivity index (χ4v) is 2.13. The van der Waals surface area contributed by atoms with Crippen molar-refractivity contribution < 1.29 is 5.11 Å². The van der Waals surface area contributed by atoms with Crippen molar-refractivity contribution in [1.29, 1.82) is 0 Å². The van der Waals surface area contributed by atoms with Crippen molar-refractivity contribution in [1.82, 2.24) is 9.97 Å². The maximum Gasteiger partial charge on any atom is 0.165 e. The van der Waals surface area contributed by atoms with Crippen LogP contribution in [-0.2, 0) is 0 Å². The zero-order valence-electron chi connectivity index (χ0n) is 12.1. The lowest BCUT2D eigenvalue weighted by Gasteiger charge is -2.21. The van der Waals surface area contributed by atoms with E-state index in [0.717, 1.165) is 12.2 Å². The van der Waals surface area contributed by atoms with E-state index >= 15 is 0 Å². The number of nitrogens with zero attached hydrogens (tertiary/aromatic N) is 3. The van der Waals surface area contributed by atoms with Crippen LogP contribution in [0.3, 0.4) is 0 Å². The first-order valence-corrected chi connectivity index (χ1v) is 7.17. The molecule has 0 spiro atoms. The van der Waals surface area contributed by atoms with Crippen LogP contribution in [0.2, 0.25) is 5.02 Å². The molecule has 1 aromatic heterocycles. The molecular weight excluding hydrogens is 288 g/mol. The molecule has 1 aromatic carbocycles. The summed E-state index contributed by atoms with van der Waals surface area (Å²) in [6.07, 6.45) is 2.56. The van der Waals surface area contributed by atoms with E-state index in [1.165, 1.54) is 6.07 Å². The molecule has 1 heterocycles. The van der Waals surface area contributed by atoms with E-state index < -0.39 is 0 Å². The monoisotopic (exact) mass is 306 g/mol. The molecule has 0 saturated heterocycles. The fourth-order valence-electron chi connectivity index (χ4n) is 1.95. The van der Waals surface area contributed by atoms with Crippen LogP contribution in [0.25, 0.3) is 11.4 Å². The molecule has 0 fully saturated rings. The Kier molecular flexibility index (Phi) is 4.98. The average Bonchev–Trinajstić information content (AvgIpc) is 2.49. The number of anilines is 1. The molecule has 2 aromatic rings. The second-order valence-electron chi connectivity index (χ2n) is 4.95. The third kappa shape index (κ3) is 3.83. The zero-order chi connectivity index (χ0) is 15.4. The molecule has 0 bridgehead atoms. The molecule has 0 saturated carbocycles. The van der Waals surface area contributed by atoms with Crippen molar-refractivity contribution in [3.05, 3.63) is 35.5 Å². The zero-order valence-corrected chi connectivity index (χ0v) is 12.9. The lowest BCUT2D eigenvalue weighted by atomic mass is 10.2. The van der Waals surface area contributed by atoms with Crippen LogP contribution >= 0.6 is 11.6 Å². The Bertz CT molecular complexity index is 620. The Hall–Kier alpha value is -1.85. The number of phenolic OH excluding ortho intramolecular Hbond substituents is 1. The van der Waals surface area contributed by atoms with E-state index in [1.807, 2.05) is 24.9 Å². The first-order valence-electron chi connectivity index (χ1n) is 6.80. The lowest BCUT2D eigenvalue weighted by molar-refractivity contribution is 0.477. The average molecular weight is 307 g/mol. The van der Waals surface area contributed by atoms with Crippen molar-refractivity contribution in [3.8, 4) is 17.1 Å². The fraction of sp³-hybridized carbons (Fsp3) is 0.333. The molecule has 0 aliphatic heterocycles. The van der Waals surface area contributed by atoms with E-state index in [1.54, 1.807) is 18.3 Å². The van der Waals surface area contributed by atoms with E-state index in [0.29, 0.717) is 23.0 Å². The van der Waals surface area contributed by atoms with Crippen molar-refractivity contribution in [2.45, 2.75) is 19.4 Å². The SMILES string of the molecule is CC[C@@H](N)CN(C)c1ccnc(-c2cc(Cl)ccc2O)n1. The van der Waals surface area contributed by atoms with Crippen molar-refractivity contribution >= 4 is 17.4 Å². The predicted molar refractivity (Wildman–Crippen MR) is 85.7 cm³/mol. The highest BCUT2D eigenvalue weighted by Crippen LogP contribution is 2.29. The highest BCUT2D eigenvalue weighted by atomic mass is 35.5. The van der Waals surface area contributed by atoms with E-state index in [9.17, 15) is 5.11 Å². The van der Waals surface area contributed by atoms with Gasteiger partial charge in [-0.25, -0.2) is 9.97 Å². The van der Waals surface area contributed by atoms with E-state index in [-0.39, 0.29) is 11.8 Å². The van der Waals surface area contributed by atoms with Gasteiger partial charge in [0.1, 0.15) is 11.6 Å². The Morgan fingerprint density at radius 3 is 2.86 bits per heavy atom. The van der Waals surface area contributed by atoms with Crippen LogP contribution in [0.1, 0.15) is 13.3 Å². The van der Waals surface area contributed by atoms with E-state index in [4.69, 9.17) is 17.3 Å². The van der Waals surface area contributed by atoms with Crippen LogP contribution in [0.15, 0.2) is 30.5 Å². The number of halogens is 1. The summed E-state index contributed by atoms with van der Waals surface area (Å²) in [6.45, 7) is 2.75. The summed E-state index contributed by atoms with van der Waals surface area (Å²) in [6, 6.07) is 6.70. The summed E-state index contributed by atoms with van der Waals surface area (Å²) >= 11 is 5.96. The minimum Gasteiger partial charge on any atom is -0.507 e. The van der Waals surface area contributed by atoms with Crippen LogP contribution in [-0.4, -0.2) is 34.7 Å². The van der Waals surface area contributed by atoms with Gasteiger partial charge in [0.15, 0.2) is 5.82 Å². The van der Waals surface area contributed by atoms with Gasteiger partial charge in [0.05, 0.1) is 5.56 Å². The number of aromatic hydroxyl groups is 1. The number of hydrogen-bond donors (Lipinski definition) is 2. The van der Waals surface area contributed by atoms with Gasteiger partial charge in [-0.3, -0.25) is 0 Å². The summed E-state index contributed by atoms with van der Waals surface area (Å²) in [5.41, 5.74) is 6.47. The summed E-state index contributed by atoms with van der Waals surface area (Å²) in [5, 5.41) is 10.5. The minimum absolute atomic E-state index is 0.0907. The molecule has 5 nitrogen and oxygen atoms in total. The Morgan fingerprint density at radius 2 is 2.14 bits per heavy atom. The Labute approximate surface area is 129 Å². The standard InChI is InChI=1S/C15H19ClN4O/c1-3-11(17)9-20(2)14-6-7-18-15(19-14)12-8-10(16)4-5-13(12)21/h4-8,11,21H,3,9,17H2,1-2H3/t11-/m1/s1. The van der Waals surface area contributed by atoms with E-state index in [2.05, 4.69) is 9.97 Å². The largest absolute Gasteiger partial charge is 0.507 e. The topological polar surface area (TPSA) is 75.3 Å². The number of benzene rings is 1. The van der Waals surface area contributed by atoms with Crippen molar-refractivity contribution in [3.63, 3.8) is 0 Å². The Morgan fingerprint density at radius 1 is 1.38 bits per heavy atom. The maximum atomic E-state index is 9.93. The van der Waals surface area contributed by atoms with Gasteiger partial charge >= 0.3 is 0 Å². The summed E-state index contributed by atoms with van der Waals surface area (Å²) in [7, 11) is 1.93. The van der Waals surface area contributed by atoms with Crippen molar-refractivity contribution in [2.75, 3.05) is 18.5 Å². The Balaban J connectivity index is 2.31. The first-order chi connectivity index (χ1) is 10.0. The van der Waals surface area contributed by atoms with Gasteiger partial charge in [-0.05, 0) is 30.7 Å². The minimum atomic E-state index is 0.0907. The highest BCUT2D eigenvalue weighted by molar-refractivity contribution is 6.30. The van der Waals surface area contributed by atoms with Gasteiger partial charge in [-0.2, -0.15) is 0 Å². The molecule has 0 aliphatic rings. The lowest BCUT2D eigenvalue weighted by Crippen LogP contribution is -2.35. The van der Waals surface area contributed by atoms with Gasteiger partial charge < -0.3 is 15.7 Å². The molecule has 6 heteroatoms. The molecular formula is C15H19ClN4O. The summed E-state index contributed by atoms with van der Waals surface area (Å²) in [4.78, 5) is 10.7. The molecule has 21 heavy (non-hydrogen) atoms. The number of hydrogen-bond acceptors (Lipinski definition) is 5.